The van der Waals surface area contributed by atoms with E-state index in [0.29, 0.717) is 4.47 Å². The van der Waals surface area contributed by atoms with E-state index in [1.165, 1.54) is 11.6 Å². The van der Waals surface area contributed by atoms with Crippen LogP contribution in [0.4, 0.5) is 10.1 Å². The molecule has 18 heavy (non-hydrogen) atoms. The smallest absolute Gasteiger partial charge is 0.137 e. The number of hydrogen-bond donors (Lipinski definition) is 1. The van der Waals surface area contributed by atoms with Crippen molar-refractivity contribution in [1.82, 2.24) is 0 Å². The molecule has 0 radical (unpaired) electrons. The monoisotopic (exact) mass is 371 g/mol. The molecule has 0 heterocycles. The standard InChI is InChI=1S/C14H12Br2FN/c1-9(10-2-4-11(15)5-3-10)18-12-6-7-14(17)13(16)8-12/h2-9,18H,1H3. The second-order valence-electron chi connectivity index (χ2n) is 4.05. The Bertz CT molecular complexity index is 540. The summed E-state index contributed by atoms with van der Waals surface area (Å²) in [4.78, 5) is 0. The largest absolute Gasteiger partial charge is 0.378 e. The van der Waals surface area contributed by atoms with Gasteiger partial charge in [-0.2, -0.15) is 0 Å². The highest BCUT2D eigenvalue weighted by atomic mass is 79.9. The molecule has 0 aliphatic heterocycles. The first-order valence-electron chi connectivity index (χ1n) is 5.53. The Labute approximate surface area is 123 Å². The summed E-state index contributed by atoms with van der Waals surface area (Å²) in [5.74, 6) is -0.253. The van der Waals surface area contributed by atoms with E-state index in [2.05, 4.69) is 56.2 Å². The Morgan fingerprint density at radius 3 is 2.33 bits per heavy atom. The Hall–Kier alpha value is -0.870. The molecular formula is C14H12Br2FN. The molecule has 1 unspecified atom stereocenters. The summed E-state index contributed by atoms with van der Waals surface area (Å²) in [6, 6.07) is 13.2. The number of benzene rings is 2. The van der Waals surface area contributed by atoms with Gasteiger partial charge in [0.2, 0.25) is 0 Å². The molecule has 1 atom stereocenters. The van der Waals surface area contributed by atoms with Crippen LogP contribution >= 0.6 is 31.9 Å². The first kappa shape index (κ1) is 13.6. The van der Waals surface area contributed by atoms with Crippen molar-refractivity contribution >= 4 is 37.5 Å². The van der Waals surface area contributed by atoms with Crippen molar-refractivity contribution in [3.63, 3.8) is 0 Å². The van der Waals surface area contributed by atoms with Crippen LogP contribution in [0.25, 0.3) is 0 Å². The second-order valence-corrected chi connectivity index (χ2v) is 5.82. The van der Waals surface area contributed by atoms with E-state index in [1.807, 2.05) is 12.1 Å². The number of anilines is 1. The molecule has 0 amide bonds. The van der Waals surface area contributed by atoms with Gasteiger partial charge in [0.15, 0.2) is 0 Å². The summed E-state index contributed by atoms with van der Waals surface area (Å²) < 4.78 is 14.7. The Morgan fingerprint density at radius 2 is 1.72 bits per heavy atom. The Balaban J connectivity index is 2.13. The lowest BCUT2D eigenvalue weighted by atomic mass is 10.1. The van der Waals surface area contributed by atoms with Gasteiger partial charge in [0, 0.05) is 16.2 Å². The van der Waals surface area contributed by atoms with Gasteiger partial charge in [0.1, 0.15) is 5.82 Å². The minimum absolute atomic E-state index is 0.162. The van der Waals surface area contributed by atoms with E-state index in [-0.39, 0.29) is 11.9 Å². The number of halogens is 3. The maximum Gasteiger partial charge on any atom is 0.137 e. The molecule has 94 valence electrons. The predicted octanol–water partition coefficient (Wildman–Crippen LogP) is 5.52. The van der Waals surface area contributed by atoms with Crippen molar-refractivity contribution < 1.29 is 4.39 Å². The van der Waals surface area contributed by atoms with Crippen molar-refractivity contribution in [2.75, 3.05) is 5.32 Å². The predicted molar refractivity (Wildman–Crippen MR) is 80.3 cm³/mol. The first-order chi connectivity index (χ1) is 8.56. The molecule has 0 aliphatic rings. The highest BCUT2D eigenvalue weighted by Crippen LogP contribution is 2.24. The van der Waals surface area contributed by atoms with Crippen LogP contribution < -0.4 is 5.32 Å². The number of hydrogen-bond acceptors (Lipinski definition) is 1. The van der Waals surface area contributed by atoms with Gasteiger partial charge in [-0.15, -0.1) is 0 Å². The average molecular weight is 373 g/mol. The van der Waals surface area contributed by atoms with Crippen molar-refractivity contribution in [3.05, 3.63) is 62.8 Å². The molecule has 2 aromatic rings. The summed E-state index contributed by atoms with van der Waals surface area (Å²) in [5, 5.41) is 3.33. The van der Waals surface area contributed by atoms with Crippen LogP contribution in [0.1, 0.15) is 18.5 Å². The molecule has 2 rings (SSSR count). The second kappa shape index (κ2) is 5.85. The first-order valence-corrected chi connectivity index (χ1v) is 7.12. The molecular weight excluding hydrogens is 361 g/mol. The molecule has 0 aromatic heterocycles. The summed E-state index contributed by atoms with van der Waals surface area (Å²) in [6.07, 6.45) is 0. The summed E-state index contributed by atoms with van der Waals surface area (Å²) in [7, 11) is 0. The van der Waals surface area contributed by atoms with Crippen LogP contribution in [0.5, 0.6) is 0 Å². The van der Waals surface area contributed by atoms with E-state index in [9.17, 15) is 4.39 Å². The minimum Gasteiger partial charge on any atom is -0.378 e. The molecule has 0 spiro atoms. The Kier molecular flexibility index (Phi) is 4.40. The molecule has 2 aromatic carbocycles. The van der Waals surface area contributed by atoms with Crippen LogP contribution in [-0.2, 0) is 0 Å². The molecule has 0 aliphatic carbocycles. The molecule has 0 fully saturated rings. The Morgan fingerprint density at radius 1 is 1.06 bits per heavy atom. The molecule has 0 saturated carbocycles. The molecule has 1 N–H and O–H groups in total. The van der Waals surface area contributed by atoms with Gasteiger partial charge in [-0.25, -0.2) is 4.39 Å². The summed E-state index contributed by atoms with van der Waals surface area (Å²) in [6.45, 7) is 2.07. The quantitative estimate of drug-likeness (QED) is 0.747. The SMILES string of the molecule is CC(Nc1ccc(F)c(Br)c1)c1ccc(Br)cc1. The lowest BCUT2D eigenvalue weighted by Crippen LogP contribution is -2.06. The maximum absolute atomic E-state index is 13.1. The van der Waals surface area contributed by atoms with E-state index < -0.39 is 0 Å². The maximum atomic E-state index is 13.1. The minimum atomic E-state index is -0.253. The zero-order chi connectivity index (χ0) is 13.1. The molecule has 0 bridgehead atoms. The van der Waals surface area contributed by atoms with Gasteiger partial charge >= 0.3 is 0 Å². The summed E-state index contributed by atoms with van der Waals surface area (Å²) in [5.41, 5.74) is 2.07. The van der Waals surface area contributed by atoms with Gasteiger partial charge in [-0.3, -0.25) is 0 Å². The zero-order valence-electron chi connectivity index (χ0n) is 9.75. The van der Waals surface area contributed by atoms with Crippen LogP contribution in [0.15, 0.2) is 51.4 Å². The van der Waals surface area contributed by atoms with Crippen LogP contribution in [0, 0.1) is 5.82 Å². The van der Waals surface area contributed by atoms with E-state index in [0.717, 1.165) is 10.2 Å². The third kappa shape index (κ3) is 3.33. The van der Waals surface area contributed by atoms with Crippen LogP contribution in [0.2, 0.25) is 0 Å². The lowest BCUT2D eigenvalue weighted by Gasteiger charge is -2.16. The fourth-order valence-corrected chi connectivity index (χ4v) is 2.31. The van der Waals surface area contributed by atoms with Crippen LogP contribution in [-0.4, -0.2) is 0 Å². The zero-order valence-corrected chi connectivity index (χ0v) is 12.9. The normalized spacial score (nSPS) is 12.2. The van der Waals surface area contributed by atoms with E-state index in [1.54, 1.807) is 12.1 Å². The number of nitrogens with one attached hydrogen (secondary N) is 1. The lowest BCUT2D eigenvalue weighted by molar-refractivity contribution is 0.621. The van der Waals surface area contributed by atoms with Crippen molar-refractivity contribution in [1.29, 1.82) is 0 Å². The number of rotatable bonds is 3. The highest BCUT2D eigenvalue weighted by Gasteiger charge is 2.06. The fourth-order valence-electron chi connectivity index (χ4n) is 1.67. The fraction of sp³-hybridized carbons (Fsp3) is 0.143. The molecule has 0 saturated heterocycles. The van der Waals surface area contributed by atoms with Gasteiger partial charge in [-0.05, 0) is 58.7 Å². The molecule has 4 heteroatoms. The van der Waals surface area contributed by atoms with Crippen molar-refractivity contribution in [2.24, 2.45) is 0 Å². The van der Waals surface area contributed by atoms with Crippen molar-refractivity contribution in [3.8, 4) is 0 Å². The van der Waals surface area contributed by atoms with Gasteiger partial charge in [0.05, 0.1) is 4.47 Å². The van der Waals surface area contributed by atoms with Crippen LogP contribution in [0.3, 0.4) is 0 Å². The third-order valence-corrected chi connectivity index (χ3v) is 3.81. The van der Waals surface area contributed by atoms with Gasteiger partial charge in [-0.1, -0.05) is 28.1 Å². The van der Waals surface area contributed by atoms with E-state index >= 15 is 0 Å². The summed E-state index contributed by atoms with van der Waals surface area (Å²) >= 11 is 6.59. The molecule has 1 nitrogen and oxygen atoms in total. The topological polar surface area (TPSA) is 12.0 Å². The van der Waals surface area contributed by atoms with Gasteiger partial charge < -0.3 is 5.32 Å². The highest BCUT2D eigenvalue weighted by molar-refractivity contribution is 9.10. The van der Waals surface area contributed by atoms with E-state index in [4.69, 9.17) is 0 Å². The van der Waals surface area contributed by atoms with Crippen molar-refractivity contribution in [2.45, 2.75) is 13.0 Å². The average Bonchev–Trinajstić information content (AvgIpc) is 2.34. The van der Waals surface area contributed by atoms with Gasteiger partial charge in [0.25, 0.3) is 0 Å². The third-order valence-electron chi connectivity index (χ3n) is 2.67.